The van der Waals surface area contributed by atoms with Crippen molar-refractivity contribution >= 4 is 11.7 Å². The van der Waals surface area contributed by atoms with E-state index in [4.69, 9.17) is 4.74 Å². The lowest BCUT2D eigenvalue weighted by Crippen LogP contribution is -2.13. The van der Waals surface area contributed by atoms with Crippen molar-refractivity contribution in [2.24, 2.45) is 0 Å². The number of nitrogens with zero attached hydrogens (tertiary/aromatic N) is 1. The van der Waals surface area contributed by atoms with E-state index < -0.39 is 0 Å². The molecule has 0 saturated carbocycles. The predicted molar refractivity (Wildman–Crippen MR) is 79.3 cm³/mol. The van der Waals surface area contributed by atoms with E-state index in [1.807, 2.05) is 39.0 Å². The number of hydrogen-bond acceptors (Lipinski definition) is 3. The molecule has 0 aliphatic carbocycles. The summed E-state index contributed by atoms with van der Waals surface area (Å²) in [6.45, 7) is 6.36. The third-order valence-electron chi connectivity index (χ3n) is 2.75. The van der Waals surface area contributed by atoms with Gasteiger partial charge in [-0.25, -0.2) is 4.98 Å². The van der Waals surface area contributed by atoms with Gasteiger partial charge >= 0.3 is 0 Å². The van der Waals surface area contributed by atoms with Crippen LogP contribution in [0.2, 0.25) is 0 Å². The maximum absolute atomic E-state index is 12.2. The van der Waals surface area contributed by atoms with Crippen molar-refractivity contribution < 1.29 is 9.53 Å². The lowest BCUT2D eigenvalue weighted by Gasteiger charge is -2.08. The molecule has 0 saturated heterocycles. The number of hydrogen-bond donors (Lipinski definition) is 1. The van der Waals surface area contributed by atoms with E-state index in [0.29, 0.717) is 23.7 Å². The van der Waals surface area contributed by atoms with Crippen molar-refractivity contribution in [3.05, 3.63) is 53.2 Å². The minimum absolute atomic E-state index is 0.191. The number of ether oxygens (including phenoxy) is 1. The Labute approximate surface area is 118 Å². The molecule has 0 aliphatic heterocycles. The van der Waals surface area contributed by atoms with Crippen molar-refractivity contribution in [3.8, 4) is 5.75 Å². The van der Waals surface area contributed by atoms with Crippen LogP contribution in [0.3, 0.4) is 0 Å². The number of carbonyl (C=O) groups excluding carboxylic acids is 1. The zero-order valence-corrected chi connectivity index (χ0v) is 11.9. The molecule has 4 nitrogen and oxygen atoms in total. The Kier molecular flexibility index (Phi) is 4.35. The van der Waals surface area contributed by atoms with Crippen LogP contribution in [0.1, 0.15) is 28.5 Å². The molecule has 0 fully saturated rings. The average molecular weight is 270 g/mol. The molecule has 1 heterocycles. The average Bonchev–Trinajstić information content (AvgIpc) is 2.38. The largest absolute Gasteiger partial charge is 0.494 e. The van der Waals surface area contributed by atoms with Crippen LogP contribution in [0.15, 0.2) is 36.4 Å². The number of amides is 1. The van der Waals surface area contributed by atoms with E-state index in [1.165, 1.54) is 0 Å². The molecular weight excluding hydrogens is 252 g/mol. The minimum Gasteiger partial charge on any atom is -0.494 e. The molecule has 20 heavy (non-hydrogen) atoms. The third-order valence-corrected chi connectivity index (χ3v) is 2.75. The SMILES string of the molecule is CCOc1cccc(C(=O)Nc2cc(C)cc(C)n2)c1. The molecule has 0 aliphatic rings. The summed E-state index contributed by atoms with van der Waals surface area (Å²) < 4.78 is 5.39. The van der Waals surface area contributed by atoms with Gasteiger partial charge in [0.2, 0.25) is 0 Å². The Morgan fingerprint density at radius 2 is 2.05 bits per heavy atom. The van der Waals surface area contributed by atoms with Gasteiger partial charge in [-0.1, -0.05) is 6.07 Å². The summed E-state index contributed by atoms with van der Waals surface area (Å²) in [6.07, 6.45) is 0. The van der Waals surface area contributed by atoms with Crippen LogP contribution < -0.4 is 10.1 Å². The number of rotatable bonds is 4. The van der Waals surface area contributed by atoms with Gasteiger partial charge in [-0.15, -0.1) is 0 Å². The van der Waals surface area contributed by atoms with E-state index >= 15 is 0 Å². The van der Waals surface area contributed by atoms with E-state index in [1.54, 1.807) is 18.2 Å². The first-order chi connectivity index (χ1) is 9.58. The van der Waals surface area contributed by atoms with Crippen molar-refractivity contribution in [1.82, 2.24) is 4.98 Å². The van der Waals surface area contributed by atoms with Crippen LogP contribution >= 0.6 is 0 Å². The van der Waals surface area contributed by atoms with Crippen molar-refractivity contribution in [3.63, 3.8) is 0 Å². The van der Waals surface area contributed by atoms with Gasteiger partial charge in [-0.05, 0) is 56.7 Å². The maximum atomic E-state index is 12.2. The number of pyridine rings is 1. The van der Waals surface area contributed by atoms with Crippen molar-refractivity contribution in [2.45, 2.75) is 20.8 Å². The van der Waals surface area contributed by atoms with Crippen molar-refractivity contribution in [1.29, 1.82) is 0 Å². The van der Waals surface area contributed by atoms with E-state index in [2.05, 4.69) is 10.3 Å². The Balaban J connectivity index is 2.17. The molecule has 1 N–H and O–H groups in total. The van der Waals surface area contributed by atoms with Gasteiger partial charge in [0, 0.05) is 11.3 Å². The molecule has 104 valence electrons. The highest BCUT2D eigenvalue weighted by atomic mass is 16.5. The van der Waals surface area contributed by atoms with Crippen LogP contribution in [-0.4, -0.2) is 17.5 Å². The van der Waals surface area contributed by atoms with Crippen LogP contribution in [0, 0.1) is 13.8 Å². The fourth-order valence-electron chi connectivity index (χ4n) is 1.99. The van der Waals surface area contributed by atoms with Crippen LogP contribution in [-0.2, 0) is 0 Å². The summed E-state index contributed by atoms with van der Waals surface area (Å²) in [5.41, 5.74) is 2.50. The topological polar surface area (TPSA) is 51.2 Å². The van der Waals surface area contributed by atoms with Gasteiger partial charge in [0.05, 0.1) is 6.61 Å². The molecule has 0 spiro atoms. The Morgan fingerprint density at radius 1 is 1.25 bits per heavy atom. The van der Waals surface area contributed by atoms with Gasteiger partial charge in [-0.2, -0.15) is 0 Å². The molecule has 2 rings (SSSR count). The lowest BCUT2D eigenvalue weighted by atomic mass is 10.2. The molecule has 1 aromatic heterocycles. The summed E-state index contributed by atoms with van der Waals surface area (Å²) in [5.74, 6) is 1.06. The molecule has 1 aromatic carbocycles. The quantitative estimate of drug-likeness (QED) is 0.927. The van der Waals surface area contributed by atoms with Gasteiger partial charge in [0.15, 0.2) is 0 Å². The minimum atomic E-state index is -0.191. The zero-order chi connectivity index (χ0) is 14.5. The van der Waals surface area contributed by atoms with E-state index in [-0.39, 0.29) is 5.91 Å². The second-order valence-corrected chi connectivity index (χ2v) is 4.59. The first kappa shape index (κ1) is 14.1. The number of aryl methyl sites for hydroxylation is 2. The van der Waals surface area contributed by atoms with Crippen LogP contribution in [0.5, 0.6) is 5.75 Å². The van der Waals surface area contributed by atoms with Crippen LogP contribution in [0.4, 0.5) is 5.82 Å². The summed E-state index contributed by atoms with van der Waals surface area (Å²) in [4.78, 5) is 16.5. The number of carbonyl (C=O) groups is 1. The fraction of sp³-hybridized carbons (Fsp3) is 0.250. The Bertz CT molecular complexity index is 603. The van der Waals surface area contributed by atoms with Gasteiger partial charge in [0.25, 0.3) is 5.91 Å². The normalized spacial score (nSPS) is 10.2. The number of benzene rings is 1. The zero-order valence-electron chi connectivity index (χ0n) is 11.9. The van der Waals surface area contributed by atoms with Gasteiger partial charge in [-0.3, -0.25) is 4.79 Å². The summed E-state index contributed by atoms with van der Waals surface area (Å²) >= 11 is 0. The highest BCUT2D eigenvalue weighted by molar-refractivity contribution is 6.04. The molecule has 2 aromatic rings. The predicted octanol–water partition coefficient (Wildman–Crippen LogP) is 3.35. The fourth-order valence-corrected chi connectivity index (χ4v) is 1.99. The monoisotopic (exact) mass is 270 g/mol. The summed E-state index contributed by atoms with van der Waals surface area (Å²) in [6, 6.07) is 10.9. The number of aromatic nitrogens is 1. The Morgan fingerprint density at radius 3 is 2.75 bits per heavy atom. The number of nitrogens with one attached hydrogen (secondary N) is 1. The highest BCUT2D eigenvalue weighted by Crippen LogP contribution is 2.15. The highest BCUT2D eigenvalue weighted by Gasteiger charge is 2.08. The molecule has 0 unspecified atom stereocenters. The first-order valence-electron chi connectivity index (χ1n) is 6.58. The van der Waals surface area contributed by atoms with Crippen LogP contribution in [0.25, 0.3) is 0 Å². The molecule has 1 amide bonds. The first-order valence-corrected chi connectivity index (χ1v) is 6.58. The van der Waals surface area contributed by atoms with Crippen molar-refractivity contribution in [2.75, 3.05) is 11.9 Å². The lowest BCUT2D eigenvalue weighted by molar-refractivity contribution is 0.102. The van der Waals surface area contributed by atoms with E-state index in [0.717, 1.165) is 11.3 Å². The molecule has 0 atom stereocenters. The maximum Gasteiger partial charge on any atom is 0.256 e. The third kappa shape index (κ3) is 3.57. The molecular formula is C16H18N2O2. The van der Waals surface area contributed by atoms with Gasteiger partial charge in [0.1, 0.15) is 11.6 Å². The molecule has 0 bridgehead atoms. The molecule has 4 heteroatoms. The van der Waals surface area contributed by atoms with Gasteiger partial charge < -0.3 is 10.1 Å². The molecule has 0 radical (unpaired) electrons. The Hall–Kier alpha value is -2.36. The summed E-state index contributed by atoms with van der Waals surface area (Å²) in [5, 5.41) is 2.80. The number of anilines is 1. The second kappa shape index (κ2) is 6.19. The standard InChI is InChI=1S/C16H18N2O2/c1-4-20-14-7-5-6-13(10-14)16(19)18-15-9-11(2)8-12(3)17-15/h5-10H,4H2,1-3H3,(H,17,18,19). The van der Waals surface area contributed by atoms with E-state index in [9.17, 15) is 4.79 Å². The summed E-state index contributed by atoms with van der Waals surface area (Å²) in [7, 11) is 0. The smallest absolute Gasteiger partial charge is 0.256 e. The second-order valence-electron chi connectivity index (χ2n) is 4.59.